The van der Waals surface area contributed by atoms with E-state index >= 15 is 0 Å². The van der Waals surface area contributed by atoms with Gasteiger partial charge in [-0.15, -0.1) is 10.2 Å². The summed E-state index contributed by atoms with van der Waals surface area (Å²) in [5, 5.41) is 14.6. The van der Waals surface area contributed by atoms with Crippen molar-refractivity contribution < 1.29 is 13.2 Å². The number of unbranched alkanes of at least 4 members (excludes halogenated alkanes) is 1. The van der Waals surface area contributed by atoms with E-state index in [1.54, 1.807) is 18.2 Å². The summed E-state index contributed by atoms with van der Waals surface area (Å²) in [6.45, 7) is 7.16. The monoisotopic (exact) mass is 432 g/mol. The number of nitrogens with one attached hydrogen (secondary N) is 2. The number of rotatable bonds is 9. The third kappa shape index (κ3) is 5.05. The number of benzene rings is 1. The molecule has 0 saturated heterocycles. The molecule has 10 heteroatoms. The van der Waals surface area contributed by atoms with Gasteiger partial charge in [-0.1, -0.05) is 13.8 Å². The number of hydrogen-bond donors (Lipinski definition) is 2. The first-order valence-corrected chi connectivity index (χ1v) is 11.9. The van der Waals surface area contributed by atoms with Gasteiger partial charge in [-0.2, -0.15) is 0 Å². The van der Waals surface area contributed by atoms with Crippen LogP contribution in [0, 0.1) is 12.8 Å². The van der Waals surface area contributed by atoms with Crippen LogP contribution in [-0.4, -0.2) is 53.3 Å². The van der Waals surface area contributed by atoms with E-state index in [0.717, 1.165) is 18.4 Å². The lowest BCUT2D eigenvalue weighted by Crippen LogP contribution is -2.25. The number of anilines is 1. The van der Waals surface area contributed by atoms with Crippen LogP contribution < -0.4 is 10.6 Å². The minimum Gasteiger partial charge on any atom is -0.367 e. The summed E-state index contributed by atoms with van der Waals surface area (Å²) in [6.07, 6.45) is 3.39. The second kappa shape index (κ2) is 8.95. The number of amides is 1. The van der Waals surface area contributed by atoms with E-state index in [2.05, 4.69) is 25.8 Å². The van der Waals surface area contributed by atoms with Crippen LogP contribution in [-0.2, 0) is 14.6 Å². The predicted molar refractivity (Wildman–Crippen MR) is 116 cm³/mol. The molecule has 3 aromatic rings. The molecular formula is C20H28N6O3S. The normalized spacial score (nSPS) is 12.0. The van der Waals surface area contributed by atoms with Crippen molar-refractivity contribution >= 4 is 38.2 Å². The van der Waals surface area contributed by atoms with Crippen molar-refractivity contribution in [1.29, 1.82) is 0 Å². The summed E-state index contributed by atoms with van der Waals surface area (Å²) in [6, 6.07) is 4.86. The largest absolute Gasteiger partial charge is 0.367 e. The van der Waals surface area contributed by atoms with Crippen molar-refractivity contribution in [3.8, 4) is 0 Å². The van der Waals surface area contributed by atoms with Gasteiger partial charge in [0, 0.05) is 25.8 Å². The number of aromatic nitrogens is 4. The third-order valence-electron chi connectivity index (χ3n) is 4.70. The molecular weight excluding hydrogens is 404 g/mol. The molecule has 1 amide bonds. The molecule has 3 rings (SSSR count). The van der Waals surface area contributed by atoms with Crippen LogP contribution in [0.1, 0.15) is 38.9 Å². The first kappa shape index (κ1) is 21.9. The van der Waals surface area contributed by atoms with Gasteiger partial charge in [-0.3, -0.25) is 9.20 Å². The molecule has 0 aliphatic rings. The Bertz CT molecular complexity index is 1170. The molecule has 0 saturated carbocycles. The maximum absolute atomic E-state index is 11.9. The molecule has 2 heterocycles. The van der Waals surface area contributed by atoms with Crippen LogP contribution >= 0.6 is 0 Å². The zero-order valence-corrected chi connectivity index (χ0v) is 18.6. The Balaban J connectivity index is 1.72. The van der Waals surface area contributed by atoms with E-state index in [4.69, 9.17) is 0 Å². The van der Waals surface area contributed by atoms with Gasteiger partial charge in [0.15, 0.2) is 15.7 Å². The minimum atomic E-state index is -3.33. The highest BCUT2D eigenvalue weighted by Gasteiger charge is 2.15. The molecule has 0 unspecified atom stereocenters. The SMILES string of the molecule is Cc1nnc2c(NCCCCNC(=O)CC(C)C)nc3cc(S(C)(=O)=O)ccc3n12. The Hall–Kier alpha value is -2.75. The molecule has 0 aliphatic carbocycles. The van der Waals surface area contributed by atoms with Gasteiger partial charge in [-0.25, -0.2) is 13.4 Å². The predicted octanol–water partition coefficient (Wildman–Crippen LogP) is 2.34. The first-order chi connectivity index (χ1) is 14.2. The zero-order chi connectivity index (χ0) is 21.9. The Morgan fingerprint density at radius 3 is 2.60 bits per heavy atom. The number of hydrogen-bond acceptors (Lipinski definition) is 7. The molecule has 0 spiro atoms. The number of nitrogens with zero attached hydrogens (tertiary/aromatic N) is 4. The van der Waals surface area contributed by atoms with E-state index in [1.807, 2.05) is 25.2 Å². The lowest BCUT2D eigenvalue weighted by Gasteiger charge is -2.11. The highest BCUT2D eigenvalue weighted by Crippen LogP contribution is 2.24. The lowest BCUT2D eigenvalue weighted by molar-refractivity contribution is -0.121. The van der Waals surface area contributed by atoms with Gasteiger partial charge < -0.3 is 10.6 Å². The van der Waals surface area contributed by atoms with E-state index in [-0.39, 0.29) is 10.8 Å². The van der Waals surface area contributed by atoms with Gasteiger partial charge in [0.05, 0.1) is 15.9 Å². The molecule has 2 aromatic heterocycles. The molecule has 0 atom stereocenters. The molecule has 2 N–H and O–H groups in total. The highest BCUT2D eigenvalue weighted by atomic mass is 32.2. The van der Waals surface area contributed by atoms with E-state index < -0.39 is 9.84 Å². The van der Waals surface area contributed by atoms with Crippen molar-refractivity contribution in [2.45, 2.75) is 44.9 Å². The van der Waals surface area contributed by atoms with Crippen LogP contribution in [0.4, 0.5) is 5.82 Å². The number of fused-ring (bicyclic) bond motifs is 3. The van der Waals surface area contributed by atoms with Crippen LogP contribution in [0.25, 0.3) is 16.7 Å². The van der Waals surface area contributed by atoms with Crippen LogP contribution in [0.2, 0.25) is 0 Å². The Morgan fingerprint density at radius 2 is 1.90 bits per heavy atom. The number of carbonyl (C=O) groups is 1. The summed E-state index contributed by atoms with van der Waals surface area (Å²) in [5.41, 5.74) is 1.90. The van der Waals surface area contributed by atoms with Crippen molar-refractivity contribution in [2.24, 2.45) is 5.92 Å². The molecule has 162 valence electrons. The van der Waals surface area contributed by atoms with Gasteiger partial charge >= 0.3 is 0 Å². The topological polar surface area (TPSA) is 118 Å². The Labute approximate surface area is 176 Å². The molecule has 9 nitrogen and oxygen atoms in total. The smallest absolute Gasteiger partial charge is 0.220 e. The molecule has 30 heavy (non-hydrogen) atoms. The van der Waals surface area contributed by atoms with Gasteiger partial charge in [0.25, 0.3) is 0 Å². The quantitative estimate of drug-likeness (QED) is 0.498. The van der Waals surface area contributed by atoms with Crippen LogP contribution in [0.3, 0.4) is 0 Å². The van der Waals surface area contributed by atoms with Gasteiger partial charge in [0.2, 0.25) is 11.6 Å². The fourth-order valence-electron chi connectivity index (χ4n) is 3.23. The van der Waals surface area contributed by atoms with E-state index in [0.29, 0.717) is 48.2 Å². The number of carbonyl (C=O) groups excluding carboxylic acids is 1. The molecule has 0 aliphatic heterocycles. The molecule has 1 aromatic carbocycles. The van der Waals surface area contributed by atoms with Crippen LogP contribution in [0.15, 0.2) is 23.1 Å². The lowest BCUT2D eigenvalue weighted by atomic mass is 10.1. The first-order valence-electron chi connectivity index (χ1n) is 10.0. The second-order valence-electron chi connectivity index (χ2n) is 7.87. The fraction of sp³-hybridized carbons (Fsp3) is 0.500. The number of sulfone groups is 1. The van der Waals surface area contributed by atoms with Crippen molar-refractivity contribution in [2.75, 3.05) is 24.7 Å². The summed E-state index contributed by atoms with van der Waals surface area (Å²) in [5.74, 6) is 1.68. The molecule has 0 fully saturated rings. The van der Waals surface area contributed by atoms with Gasteiger partial charge in [-0.05, 0) is 43.9 Å². The fourth-order valence-corrected chi connectivity index (χ4v) is 3.87. The third-order valence-corrected chi connectivity index (χ3v) is 5.81. The summed E-state index contributed by atoms with van der Waals surface area (Å²) < 4.78 is 25.7. The maximum atomic E-state index is 11.9. The molecule has 0 radical (unpaired) electrons. The zero-order valence-electron chi connectivity index (χ0n) is 17.8. The van der Waals surface area contributed by atoms with Crippen molar-refractivity contribution in [3.63, 3.8) is 0 Å². The van der Waals surface area contributed by atoms with E-state index in [1.165, 1.54) is 6.26 Å². The summed E-state index contributed by atoms with van der Waals surface area (Å²) in [4.78, 5) is 16.5. The minimum absolute atomic E-state index is 0.0801. The van der Waals surface area contributed by atoms with Crippen molar-refractivity contribution in [1.82, 2.24) is 24.9 Å². The second-order valence-corrected chi connectivity index (χ2v) is 9.89. The highest BCUT2D eigenvalue weighted by molar-refractivity contribution is 7.90. The summed E-state index contributed by atoms with van der Waals surface area (Å²) >= 11 is 0. The standard InChI is InChI=1S/C20H28N6O3S/c1-13(2)11-18(27)21-9-5-6-10-22-19-20-25-24-14(3)26(20)17-8-7-15(30(4,28)29)12-16(17)23-19/h7-8,12-13H,5-6,9-11H2,1-4H3,(H,21,27)(H,22,23). The van der Waals surface area contributed by atoms with Crippen molar-refractivity contribution in [3.05, 3.63) is 24.0 Å². The molecule has 0 bridgehead atoms. The van der Waals surface area contributed by atoms with Crippen LogP contribution in [0.5, 0.6) is 0 Å². The summed E-state index contributed by atoms with van der Waals surface area (Å²) in [7, 11) is -3.33. The van der Waals surface area contributed by atoms with Gasteiger partial charge in [0.1, 0.15) is 5.82 Å². The average Bonchev–Trinajstić information content (AvgIpc) is 3.05. The average molecular weight is 433 g/mol. The number of aryl methyl sites for hydroxylation is 1. The van der Waals surface area contributed by atoms with E-state index in [9.17, 15) is 13.2 Å². The maximum Gasteiger partial charge on any atom is 0.220 e. The Morgan fingerprint density at radius 1 is 1.17 bits per heavy atom. The Kier molecular flexibility index (Phi) is 6.55.